The first-order chi connectivity index (χ1) is 10.3. The fourth-order valence-electron chi connectivity index (χ4n) is 3.45. The molecule has 21 heavy (non-hydrogen) atoms. The Bertz CT molecular complexity index is 806. The summed E-state index contributed by atoms with van der Waals surface area (Å²) in [4.78, 5) is 3.32. The minimum atomic E-state index is -0.366. The third-order valence-electron chi connectivity index (χ3n) is 4.49. The summed E-state index contributed by atoms with van der Waals surface area (Å²) < 4.78 is 5.27. The summed E-state index contributed by atoms with van der Waals surface area (Å²) in [6, 6.07) is 14.3. The third-order valence-corrected chi connectivity index (χ3v) is 4.49. The Morgan fingerprint density at radius 1 is 1.10 bits per heavy atom. The number of aliphatic hydroxyl groups excluding tert-OH is 1. The maximum absolute atomic E-state index is 10.3. The Balaban J connectivity index is 1.85. The van der Waals surface area contributed by atoms with Crippen molar-refractivity contribution in [3.63, 3.8) is 0 Å². The Labute approximate surface area is 123 Å². The molecule has 1 aliphatic carbocycles. The smallest absolute Gasteiger partial charge is 0.120 e. The van der Waals surface area contributed by atoms with Crippen LogP contribution < -0.4 is 4.74 Å². The van der Waals surface area contributed by atoms with Crippen LogP contribution in [-0.4, -0.2) is 17.2 Å². The fourth-order valence-corrected chi connectivity index (χ4v) is 3.45. The monoisotopic (exact) mass is 279 g/mol. The van der Waals surface area contributed by atoms with Crippen molar-refractivity contribution in [2.45, 2.75) is 18.4 Å². The number of aromatic amines is 1. The summed E-state index contributed by atoms with van der Waals surface area (Å²) in [6.07, 6.45) is 2.44. The minimum absolute atomic E-state index is 0.248. The van der Waals surface area contributed by atoms with Gasteiger partial charge in [-0.25, -0.2) is 0 Å². The van der Waals surface area contributed by atoms with Crippen molar-refractivity contribution in [2.75, 3.05) is 7.11 Å². The number of aromatic nitrogens is 1. The molecule has 2 atom stereocenters. The quantitative estimate of drug-likeness (QED) is 0.750. The van der Waals surface area contributed by atoms with E-state index in [9.17, 15) is 5.11 Å². The highest BCUT2D eigenvalue weighted by atomic mass is 16.5. The number of aliphatic hydroxyl groups is 1. The highest BCUT2D eigenvalue weighted by Crippen LogP contribution is 2.45. The van der Waals surface area contributed by atoms with Gasteiger partial charge in [0, 0.05) is 29.1 Å². The Hall–Kier alpha value is -2.26. The average molecular weight is 279 g/mol. The summed E-state index contributed by atoms with van der Waals surface area (Å²) in [5.74, 6) is 1.10. The lowest BCUT2D eigenvalue weighted by Crippen LogP contribution is -1.95. The molecule has 1 aliphatic rings. The van der Waals surface area contributed by atoms with Gasteiger partial charge < -0.3 is 14.8 Å². The summed E-state index contributed by atoms with van der Waals surface area (Å²) in [5.41, 5.74) is 4.62. The van der Waals surface area contributed by atoms with Gasteiger partial charge in [-0.1, -0.05) is 24.3 Å². The van der Waals surface area contributed by atoms with Crippen LogP contribution in [0.15, 0.2) is 48.7 Å². The topological polar surface area (TPSA) is 45.2 Å². The van der Waals surface area contributed by atoms with Crippen molar-refractivity contribution < 1.29 is 9.84 Å². The van der Waals surface area contributed by atoms with Crippen LogP contribution in [0.5, 0.6) is 5.75 Å². The second kappa shape index (κ2) is 4.64. The van der Waals surface area contributed by atoms with Crippen molar-refractivity contribution in [1.82, 2.24) is 4.98 Å². The first kappa shape index (κ1) is 12.5. The molecular weight excluding hydrogens is 262 g/mol. The van der Waals surface area contributed by atoms with Crippen LogP contribution in [0.1, 0.15) is 35.1 Å². The summed E-state index contributed by atoms with van der Waals surface area (Å²) in [7, 11) is 1.68. The van der Waals surface area contributed by atoms with Crippen molar-refractivity contribution in [2.24, 2.45) is 0 Å². The van der Waals surface area contributed by atoms with E-state index in [2.05, 4.69) is 23.3 Å². The lowest BCUT2D eigenvalue weighted by atomic mass is 9.93. The average Bonchev–Trinajstić information content (AvgIpc) is 3.08. The minimum Gasteiger partial charge on any atom is -0.497 e. The molecule has 0 saturated heterocycles. The number of H-pyrrole nitrogens is 1. The molecule has 3 aromatic rings. The molecule has 2 N–H and O–H groups in total. The number of hydrogen-bond donors (Lipinski definition) is 2. The Morgan fingerprint density at radius 3 is 2.71 bits per heavy atom. The van der Waals surface area contributed by atoms with Crippen LogP contribution in [0, 0.1) is 0 Å². The van der Waals surface area contributed by atoms with Crippen LogP contribution in [0.3, 0.4) is 0 Å². The number of fused-ring (bicyclic) bond motifs is 2. The lowest BCUT2D eigenvalue weighted by molar-refractivity contribution is 0.176. The van der Waals surface area contributed by atoms with E-state index in [1.165, 1.54) is 16.5 Å². The highest BCUT2D eigenvalue weighted by molar-refractivity contribution is 5.85. The Morgan fingerprint density at radius 2 is 1.90 bits per heavy atom. The van der Waals surface area contributed by atoms with Gasteiger partial charge in [0.2, 0.25) is 0 Å². The van der Waals surface area contributed by atoms with Crippen LogP contribution in [0.4, 0.5) is 0 Å². The first-order valence-electron chi connectivity index (χ1n) is 7.20. The number of nitrogens with one attached hydrogen (secondary N) is 1. The fraction of sp³-hybridized carbons (Fsp3) is 0.222. The van der Waals surface area contributed by atoms with Gasteiger partial charge in [-0.2, -0.15) is 0 Å². The van der Waals surface area contributed by atoms with Gasteiger partial charge >= 0.3 is 0 Å². The van der Waals surface area contributed by atoms with Crippen molar-refractivity contribution >= 4 is 10.9 Å². The van der Waals surface area contributed by atoms with E-state index in [-0.39, 0.29) is 12.0 Å². The van der Waals surface area contributed by atoms with Crippen LogP contribution in [0.25, 0.3) is 10.9 Å². The molecule has 0 radical (unpaired) electrons. The molecule has 1 aromatic heterocycles. The van der Waals surface area contributed by atoms with E-state index in [0.717, 1.165) is 23.3 Å². The van der Waals surface area contributed by atoms with Gasteiger partial charge in [0.1, 0.15) is 5.75 Å². The first-order valence-corrected chi connectivity index (χ1v) is 7.20. The molecule has 106 valence electrons. The van der Waals surface area contributed by atoms with Crippen LogP contribution in [-0.2, 0) is 0 Å². The number of rotatable bonds is 2. The number of methoxy groups -OCH3 is 1. The van der Waals surface area contributed by atoms with E-state index >= 15 is 0 Å². The SMILES string of the molecule is COc1ccc2c([C@H]3C[C@@H](O)c4ccccc43)c[nH]c2c1. The summed E-state index contributed by atoms with van der Waals surface area (Å²) >= 11 is 0. The molecule has 0 aliphatic heterocycles. The van der Waals surface area contributed by atoms with E-state index in [1.54, 1.807) is 7.11 Å². The van der Waals surface area contributed by atoms with Crippen molar-refractivity contribution in [1.29, 1.82) is 0 Å². The predicted molar refractivity (Wildman–Crippen MR) is 82.7 cm³/mol. The van der Waals surface area contributed by atoms with Gasteiger partial charge in [-0.3, -0.25) is 0 Å². The molecule has 0 amide bonds. The molecule has 3 heteroatoms. The van der Waals surface area contributed by atoms with Crippen molar-refractivity contribution in [3.05, 3.63) is 65.4 Å². The molecule has 0 fully saturated rings. The maximum Gasteiger partial charge on any atom is 0.120 e. The van der Waals surface area contributed by atoms with E-state index < -0.39 is 0 Å². The van der Waals surface area contributed by atoms with E-state index in [0.29, 0.717) is 0 Å². The molecule has 4 rings (SSSR count). The standard InChI is InChI=1S/C18H17NO2/c1-21-11-6-7-13-16(10-19-17(13)8-11)15-9-18(20)14-5-3-2-4-12(14)15/h2-8,10,15,18-20H,9H2,1H3/t15-,18+/m0/s1. The zero-order valence-electron chi connectivity index (χ0n) is 11.8. The number of benzene rings is 2. The van der Waals surface area contributed by atoms with Crippen molar-refractivity contribution in [3.8, 4) is 5.75 Å². The van der Waals surface area contributed by atoms with Crippen LogP contribution >= 0.6 is 0 Å². The van der Waals surface area contributed by atoms with Gasteiger partial charge in [-0.05, 0) is 35.2 Å². The summed E-state index contributed by atoms with van der Waals surface area (Å²) in [5, 5.41) is 11.5. The van der Waals surface area contributed by atoms with Crippen LogP contribution in [0.2, 0.25) is 0 Å². The van der Waals surface area contributed by atoms with Gasteiger partial charge in [0.15, 0.2) is 0 Å². The number of ether oxygens (including phenoxy) is 1. The van der Waals surface area contributed by atoms with Gasteiger partial charge in [0.25, 0.3) is 0 Å². The second-order valence-electron chi connectivity index (χ2n) is 5.59. The third kappa shape index (κ3) is 1.85. The molecule has 2 aromatic carbocycles. The molecule has 0 bridgehead atoms. The maximum atomic E-state index is 10.3. The summed E-state index contributed by atoms with van der Waals surface area (Å²) in [6.45, 7) is 0. The largest absolute Gasteiger partial charge is 0.497 e. The molecule has 1 heterocycles. The lowest BCUT2D eigenvalue weighted by Gasteiger charge is -2.10. The highest BCUT2D eigenvalue weighted by Gasteiger charge is 2.31. The molecule has 3 nitrogen and oxygen atoms in total. The predicted octanol–water partition coefficient (Wildman–Crippen LogP) is 3.75. The van der Waals surface area contributed by atoms with Gasteiger partial charge in [-0.15, -0.1) is 0 Å². The van der Waals surface area contributed by atoms with E-state index in [1.807, 2.05) is 30.3 Å². The molecular formula is C18H17NO2. The van der Waals surface area contributed by atoms with Gasteiger partial charge in [0.05, 0.1) is 13.2 Å². The zero-order chi connectivity index (χ0) is 14.4. The van der Waals surface area contributed by atoms with E-state index in [4.69, 9.17) is 4.74 Å². The molecule has 0 spiro atoms. The zero-order valence-corrected chi connectivity index (χ0v) is 11.8. The Kier molecular flexibility index (Phi) is 2.76. The normalized spacial score (nSPS) is 20.7. The second-order valence-corrected chi connectivity index (χ2v) is 5.59. The number of hydrogen-bond acceptors (Lipinski definition) is 2. The molecule has 0 saturated carbocycles. The molecule has 0 unspecified atom stereocenters.